The molecule has 212 valence electrons. The summed E-state index contributed by atoms with van der Waals surface area (Å²) in [5.41, 5.74) is 9.00. The van der Waals surface area contributed by atoms with Crippen LogP contribution in [0.25, 0.3) is 0 Å². The number of rotatable bonds is 13. The van der Waals surface area contributed by atoms with Gasteiger partial charge in [-0.05, 0) is 0 Å². The van der Waals surface area contributed by atoms with Gasteiger partial charge in [-0.25, -0.2) is 0 Å². The Kier molecular flexibility index (Phi) is 14.7. The molecule has 0 amide bonds. The molecule has 0 spiro atoms. The monoisotopic (exact) mass is 624 g/mol. The summed E-state index contributed by atoms with van der Waals surface area (Å²) in [7, 11) is 0. The standard InChI is InChI=1S/C33H52B.3CH3.Sn/c1-3-5-17-29(18-6-4-2)21-16-26-33(28-27-30-19-10-7-11-20-30)34(31-22-12-8-13-23-31)32-24-14-9-15-25-32;;;;/h16,19,27-28,31-32H,3-15,17-18,20,22-25H2,1-2H3;3*1H3;/b28-27+,33-26?;;;;. The molecular weight excluding hydrogens is 562 g/mol. The molecule has 0 aliphatic heterocycles. The van der Waals surface area contributed by atoms with Crippen molar-refractivity contribution in [2.24, 2.45) is 0 Å². The zero-order chi connectivity index (χ0) is 27.2. The molecule has 0 aromatic heterocycles. The van der Waals surface area contributed by atoms with Gasteiger partial charge in [-0.15, -0.1) is 0 Å². The van der Waals surface area contributed by atoms with Crippen LogP contribution in [-0.2, 0) is 0 Å². The average Bonchev–Trinajstić information content (AvgIpc) is 2.93. The number of allylic oxidation sites excluding steroid dienone is 7. The first kappa shape index (κ1) is 32.1. The average molecular weight is 623 g/mol. The van der Waals surface area contributed by atoms with Gasteiger partial charge < -0.3 is 0 Å². The number of hydrogen-bond donors (Lipinski definition) is 0. The van der Waals surface area contributed by atoms with Gasteiger partial charge in [0.05, 0.1) is 0 Å². The van der Waals surface area contributed by atoms with Crippen LogP contribution >= 0.6 is 0 Å². The zero-order valence-corrected chi connectivity index (χ0v) is 29.0. The second kappa shape index (κ2) is 17.4. The van der Waals surface area contributed by atoms with Gasteiger partial charge in [0, 0.05) is 0 Å². The Hall–Kier alpha value is -0.396. The van der Waals surface area contributed by atoms with E-state index in [1.54, 1.807) is 20.2 Å². The van der Waals surface area contributed by atoms with Crippen LogP contribution in [0.1, 0.15) is 142 Å². The molecule has 0 radical (unpaired) electrons. The van der Waals surface area contributed by atoms with Crippen LogP contribution in [0.15, 0.2) is 50.2 Å². The van der Waals surface area contributed by atoms with Gasteiger partial charge >= 0.3 is 244 Å². The van der Waals surface area contributed by atoms with E-state index in [4.69, 9.17) is 0 Å². The first-order valence-electron chi connectivity index (χ1n) is 17.0. The molecule has 38 heavy (non-hydrogen) atoms. The third-order valence-corrected chi connectivity index (χ3v) is 15.5. The Morgan fingerprint density at radius 1 is 0.842 bits per heavy atom. The van der Waals surface area contributed by atoms with Crippen LogP contribution in [0.3, 0.4) is 0 Å². The predicted molar refractivity (Wildman–Crippen MR) is 176 cm³/mol. The second-order valence-electron chi connectivity index (χ2n) is 13.9. The van der Waals surface area contributed by atoms with Crippen molar-refractivity contribution in [1.29, 1.82) is 0 Å². The summed E-state index contributed by atoms with van der Waals surface area (Å²) < 4.78 is 1.79. The van der Waals surface area contributed by atoms with Crippen molar-refractivity contribution in [3.8, 4) is 0 Å². The third-order valence-electron chi connectivity index (χ3n) is 9.68. The van der Waals surface area contributed by atoms with Crippen molar-refractivity contribution in [3.63, 3.8) is 0 Å². The molecule has 3 aliphatic rings. The summed E-state index contributed by atoms with van der Waals surface area (Å²) in [6, 6.07) is 0. The fraction of sp³-hybridized carbons (Fsp3) is 0.750. The van der Waals surface area contributed by atoms with E-state index in [0.29, 0.717) is 0 Å². The maximum absolute atomic E-state index is 4.01. The Bertz CT molecular complexity index is 820. The molecule has 0 nitrogen and oxygen atoms in total. The van der Waals surface area contributed by atoms with Crippen molar-refractivity contribution < 1.29 is 0 Å². The van der Waals surface area contributed by atoms with Gasteiger partial charge in [-0.1, -0.05) is 0 Å². The van der Waals surface area contributed by atoms with E-state index in [0.717, 1.165) is 18.3 Å². The molecule has 0 bridgehead atoms. The van der Waals surface area contributed by atoms with Crippen LogP contribution in [-0.4, -0.2) is 25.1 Å². The summed E-state index contributed by atoms with van der Waals surface area (Å²) in [4.78, 5) is 8.02. The van der Waals surface area contributed by atoms with Gasteiger partial charge in [0.15, 0.2) is 0 Å². The van der Waals surface area contributed by atoms with Crippen molar-refractivity contribution in [1.82, 2.24) is 0 Å². The Morgan fingerprint density at radius 3 is 1.89 bits per heavy atom. The minimum absolute atomic E-state index is 0.773. The van der Waals surface area contributed by atoms with E-state index in [1.807, 2.05) is 0 Å². The van der Waals surface area contributed by atoms with Crippen LogP contribution in [0, 0.1) is 0 Å². The Balaban J connectivity index is 2.16. The minimum atomic E-state index is -2.45. The molecular formula is C36H61BSn. The second-order valence-corrected chi connectivity index (χ2v) is 28.3. The molecule has 0 N–H and O–H groups in total. The molecule has 0 aromatic carbocycles. The van der Waals surface area contributed by atoms with Crippen LogP contribution in [0.2, 0.25) is 26.5 Å². The summed E-state index contributed by atoms with van der Waals surface area (Å²) in [6.45, 7) is 5.44. The summed E-state index contributed by atoms with van der Waals surface area (Å²) in [5, 5.41) is 0. The molecule has 0 aromatic rings. The van der Waals surface area contributed by atoms with Crippen molar-refractivity contribution in [2.45, 2.75) is 169 Å². The van der Waals surface area contributed by atoms with E-state index >= 15 is 0 Å². The third kappa shape index (κ3) is 10.5. The molecule has 2 fully saturated rings. The zero-order valence-electron chi connectivity index (χ0n) is 26.2. The Morgan fingerprint density at radius 2 is 1.42 bits per heavy atom. The fourth-order valence-corrected chi connectivity index (χ4v) is 12.1. The number of hydrogen-bond acceptors (Lipinski definition) is 0. The van der Waals surface area contributed by atoms with Gasteiger partial charge in [-0.3, -0.25) is 0 Å². The van der Waals surface area contributed by atoms with Crippen molar-refractivity contribution >= 4 is 25.1 Å². The van der Waals surface area contributed by atoms with Gasteiger partial charge in [-0.2, -0.15) is 0 Å². The molecule has 0 atom stereocenters. The first-order chi connectivity index (χ1) is 18.4. The van der Waals surface area contributed by atoms with E-state index in [-0.39, 0.29) is 0 Å². The van der Waals surface area contributed by atoms with Gasteiger partial charge in [0.25, 0.3) is 0 Å². The van der Waals surface area contributed by atoms with E-state index < -0.39 is 18.4 Å². The van der Waals surface area contributed by atoms with E-state index in [9.17, 15) is 0 Å². The topological polar surface area (TPSA) is 0 Å². The van der Waals surface area contributed by atoms with E-state index in [1.165, 1.54) is 128 Å². The predicted octanol–water partition coefficient (Wildman–Crippen LogP) is 12.4. The SMILES string of the molecule is CCCCC(=C=C/[C](=C(\C=C\C1=CCCCC1)B(C1CCCCC1)C1CCCCC1)[Sn]([CH3])([CH3])[CH3])CCCC. The summed E-state index contributed by atoms with van der Waals surface area (Å²) in [6.07, 6.45) is 38.0. The van der Waals surface area contributed by atoms with Gasteiger partial charge in [0.2, 0.25) is 0 Å². The van der Waals surface area contributed by atoms with Crippen LogP contribution < -0.4 is 0 Å². The summed E-state index contributed by atoms with van der Waals surface area (Å²) in [5.74, 6) is 1.79. The molecule has 3 rings (SSSR count). The maximum atomic E-state index is 4.01. The van der Waals surface area contributed by atoms with Crippen molar-refractivity contribution in [3.05, 3.63) is 50.2 Å². The molecule has 2 saturated carbocycles. The quantitative estimate of drug-likeness (QED) is 0.109. The summed E-state index contributed by atoms with van der Waals surface area (Å²) >= 11 is -2.45. The van der Waals surface area contributed by atoms with Crippen LogP contribution in [0.5, 0.6) is 0 Å². The molecule has 3 aliphatic carbocycles. The Labute approximate surface area is 242 Å². The first-order valence-corrected chi connectivity index (χ1v) is 27.0. The fourth-order valence-electron chi connectivity index (χ4n) is 7.43. The van der Waals surface area contributed by atoms with Gasteiger partial charge in [0.1, 0.15) is 0 Å². The molecule has 2 heteroatoms. The molecule has 0 unspecified atom stereocenters. The molecule has 0 saturated heterocycles. The molecule has 0 heterocycles. The van der Waals surface area contributed by atoms with Crippen molar-refractivity contribution in [2.75, 3.05) is 0 Å². The van der Waals surface area contributed by atoms with Crippen LogP contribution in [0.4, 0.5) is 0 Å². The van der Waals surface area contributed by atoms with E-state index in [2.05, 4.69) is 58.7 Å². The normalized spacial score (nSPS) is 20.6. The number of unbranched alkanes of at least 4 members (excludes halogenated alkanes) is 2.